The molecule has 0 saturated heterocycles. The van der Waals surface area contributed by atoms with Crippen molar-refractivity contribution in [3.05, 3.63) is 54.1 Å². The Morgan fingerprint density at radius 3 is 2.36 bits per heavy atom. The second kappa shape index (κ2) is 12.3. The summed E-state index contributed by atoms with van der Waals surface area (Å²) in [5.41, 5.74) is 1.74. The van der Waals surface area contributed by atoms with Gasteiger partial charge in [-0.25, -0.2) is 13.4 Å². The van der Waals surface area contributed by atoms with Gasteiger partial charge in [-0.1, -0.05) is 26.0 Å². The number of fused-ring (bicyclic) bond motifs is 1. The summed E-state index contributed by atoms with van der Waals surface area (Å²) >= 11 is 0. The standard InChI is InChI=1S/C28H38N4O6S/c1-8-37-27(34)25(15-19(2)3)32(18-26(33)38-28(5,6)7)39(35,36)22-11-9-21(10-12-22)17-31-20(4)30-23-16-29-14-13-24(23)31/h9-14,16,19,25H,8,15,17-18H2,1-7H3/t25-/m0/s1. The van der Waals surface area contributed by atoms with Crippen LogP contribution in [0.25, 0.3) is 11.0 Å². The highest BCUT2D eigenvalue weighted by atomic mass is 32.2. The van der Waals surface area contributed by atoms with Gasteiger partial charge in [-0.15, -0.1) is 0 Å². The second-order valence-corrected chi connectivity index (χ2v) is 12.7. The van der Waals surface area contributed by atoms with E-state index < -0.39 is 40.1 Å². The summed E-state index contributed by atoms with van der Waals surface area (Å²) in [7, 11) is -4.28. The molecule has 212 valence electrons. The fraction of sp³-hybridized carbons (Fsp3) is 0.500. The monoisotopic (exact) mass is 558 g/mol. The Morgan fingerprint density at radius 1 is 1.10 bits per heavy atom. The molecule has 0 amide bonds. The Balaban J connectivity index is 1.96. The van der Waals surface area contributed by atoms with Gasteiger partial charge in [0.15, 0.2) is 0 Å². The van der Waals surface area contributed by atoms with E-state index in [-0.39, 0.29) is 23.8 Å². The van der Waals surface area contributed by atoms with E-state index in [1.165, 1.54) is 12.1 Å². The summed E-state index contributed by atoms with van der Waals surface area (Å²) < 4.78 is 41.4. The molecule has 0 spiro atoms. The van der Waals surface area contributed by atoms with Gasteiger partial charge in [-0.3, -0.25) is 14.6 Å². The number of aryl methyl sites for hydroxylation is 1. The molecule has 2 aromatic heterocycles. The fourth-order valence-corrected chi connectivity index (χ4v) is 5.80. The van der Waals surface area contributed by atoms with E-state index in [2.05, 4.69) is 9.97 Å². The van der Waals surface area contributed by atoms with Crippen molar-refractivity contribution in [1.82, 2.24) is 18.8 Å². The number of pyridine rings is 1. The van der Waals surface area contributed by atoms with E-state index in [0.29, 0.717) is 6.54 Å². The average Bonchev–Trinajstić information content (AvgIpc) is 3.15. The van der Waals surface area contributed by atoms with Crippen LogP contribution in [0, 0.1) is 12.8 Å². The van der Waals surface area contributed by atoms with Crippen LogP contribution >= 0.6 is 0 Å². The highest BCUT2D eigenvalue weighted by molar-refractivity contribution is 7.89. The third kappa shape index (κ3) is 7.63. The molecule has 0 aliphatic carbocycles. The zero-order chi connectivity index (χ0) is 29.0. The predicted octanol–water partition coefficient (Wildman–Crippen LogP) is 4.10. The number of sulfonamides is 1. The number of carbonyl (C=O) groups excluding carboxylic acids is 2. The zero-order valence-electron chi connectivity index (χ0n) is 23.7. The molecule has 0 aliphatic rings. The number of esters is 2. The molecule has 0 aliphatic heterocycles. The van der Waals surface area contributed by atoms with Crippen LogP contribution in [0.1, 0.15) is 59.4 Å². The number of rotatable bonds is 11. The SMILES string of the molecule is CCOC(=O)[C@H](CC(C)C)N(CC(=O)OC(C)(C)C)S(=O)(=O)c1ccc(Cn2c(C)nc3cnccc32)cc1. The van der Waals surface area contributed by atoms with E-state index in [9.17, 15) is 18.0 Å². The minimum Gasteiger partial charge on any atom is -0.465 e. The lowest BCUT2D eigenvalue weighted by atomic mass is 10.0. The summed E-state index contributed by atoms with van der Waals surface area (Å²) in [6.45, 7) is 12.3. The Kier molecular flexibility index (Phi) is 9.50. The Labute approximate surface area is 230 Å². The number of ether oxygens (including phenoxy) is 2. The highest BCUT2D eigenvalue weighted by Gasteiger charge is 2.39. The molecule has 1 aromatic carbocycles. The summed E-state index contributed by atoms with van der Waals surface area (Å²) in [5, 5.41) is 0. The number of benzene rings is 1. The molecule has 0 radical (unpaired) electrons. The second-order valence-electron chi connectivity index (χ2n) is 10.8. The summed E-state index contributed by atoms with van der Waals surface area (Å²) in [4.78, 5) is 34.3. The van der Waals surface area contributed by atoms with E-state index in [0.717, 1.165) is 26.7 Å². The van der Waals surface area contributed by atoms with Crippen molar-refractivity contribution in [2.45, 2.75) is 78.0 Å². The molecule has 3 rings (SSSR count). The number of aromatic nitrogens is 3. The maximum absolute atomic E-state index is 13.9. The molecule has 3 aromatic rings. The van der Waals surface area contributed by atoms with Crippen molar-refractivity contribution in [3.63, 3.8) is 0 Å². The molecule has 0 fully saturated rings. The fourth-order valence-electron chi connectivity index (χ4n) is 4.27. The first-order valence-electron chi connectivity index (χ1n) is 13.0. The Bertz CT molecular complexity index is 1410. The maximum Gasteiger partial charge on any atom is 0.324 e. The molecule has 0 N–H and O–H groups in total. The van der Waals surface area contributed by atoms with Crippen LogP contribution in [0.5, 0.6) is 0 Å². The molecule has 10 nitrogen and oxygen atoms in total. The number of hydrogen-bond acceptors (Lipinski definition) is 8. The van der Waals surface area contributed by atoms with Crippen molar-refractivity contribution in [1.29, 1.82) is 0 Å². The van der Waals surface area contributed by atoms with Crippen molar-refractivity contribution in [3.8, 4) is 0 Å². The van der Waals surface area contributed by atoms with E-state index in [4.69, 9.17) is 9.47 Å². The number of carbonyl (C=O) groups is 2. The first-order valence-corrected chi connectivity index (χ1v) is 14.4. The van der Waals surface area contributed by atoms with Gasteiger partial charge in [0.2, 0.25) is 10.0 Å². The predicted molar refractivity (Wildman–Crippen MR) is 147 cm³/mol. The molecule has 0 saturated carbocycles. The van der Waals surface area contributed by atoms with Crippen molar-refractivity contribution in [2.75, 3.05) is 13.2 Å². The molecular formula is C28H38N4O6S. The van der Waals surface area contributed by atoms with Gasteiger partial charge in [0.25, 0.3) is 0 Å². The van der Waals surface area contributed by atoms with Crippen molar-refractivity contribution < 1.29 is 27.5 Å². The first-order chi connectivity index (χ1) is 18.2. The molecule has 0 bridgehead atoms. The topological polar surface area (TPSA) is 121 Å². The summed E-state index contributed by atoms with van der Waals surface area (Å²) in [6.07, 6.45) is 3.58. The summed E-state index contributed by atoms with van der Waals surface area (Å²) in [6, 6.07) is 7.10. The van der Waals surface area contributed by atoms with Gasteiger partial charge in [0, 0.05) is 12.7 Å². The smallest absolute Gasteiger partial charge is 0.324 e. The quantitative estimate of drug-likeness (QED) is 0.323. The Morgan fingerprint density at radius 2 is 1.77 bits per heavy atom. The van der Waals surface area contributed by atoms with E-state index in [1.54, 1.807) is 52.2 Å². The third-order valence-electron chi connectivity index (χ3n) is 5.92. The van der Waals surface area contributed by atoms with Gasteiger partial charge in [-0.2, -0.15) is 4.31 Å². The molecule has 1 atom stereocenters. The number of nitrogens with zero attached hydrogens (tertiary/aromatic N) is 4. The summed E-state index contributed by atoms with van der Waals surface area (Å²) in [5.74, 6) is -0.685. The van der Waals surface area contributed by atoms with Gasteiger partial charge >= 0.3 is 11.9 Å². The highest BCUT2D eigenvalue weighted by Crippen LogP contribution is 2.25. The largest absolute Gasteiger partial charge is 0.465 e. The van der Waals surface area contributed by atoms with Crippen LogP contribution in [0.4, 0.5) is 0 Å². The maximum atomic E-state index is 13.9. The van der Waals surface area contributed by atoms with Crippen LogP contribution in [0.2, 0.25) is 0 Å². The first kappa shape index (κ1) is 30.2. The van der Waals surface area contributed by atoms with E-state index >= 15 is 0 Å². The minimum atomic E-state index is -4.28. The number of imidazole rings is 1. The third-order valence-corrected chi connectivity index (χ3v) is 7.79. The van der Waals surface area contributed by atoms with Gasteiger partial charge < -0.3 is 14.0 Å². The lowest BCUT2D eigenvalue weighted by Crippen LogP contribution is -2.49. The molecule has 2 heterocycles. The van der Waals surface area contributed by atoms with Crippen molar-refractivity contribution >= 4 is 33.0 Å². The van der Waals surface area contributed by atoms with Gasteiger partial charge in [0.05, 0.1) is 23.2 Å². The van der Waals surface area contributed by atoms with Gasteiger partial charge in [0.1, 0.15) is 29.5 Å². The van der Waals surface area contributed by atoms with Crippen LogP contribution < -0.4 is 0 Å². The average molecular weight is 559 g/mol. The lowest BCUT2D eigenvalue weighted by Gasteiger charge is -2.31. The Hall–Kier alpha value is -3.31. The zero-order valence-corrected chi connectivity index (χ0v) is 24.5. The lowest BCUT2D eigenvalue weighted by molar-refractivity contribution is -0.157. The van der Waals surface area contributed by atoms with Crippen LogP contribution in [0.15, 0.2) is 47.6 Å². The van der Waals surface area contributed by atoms with Crippen LogP contribution in [0.3, 0.4) is 0 Å². The number of hydrogen-bond donors (Lipinski definition) is 0. The normalized spacial score (nSPS) is 13.2. The minimum absolute atomic E-state index is 0.0377. The van der Waals surface area contributed by atoms with Gasteiger partial charge in [-0.05, 0) is 70.7 Å². The van der Waals surface area contributed by atoms with Crippen LogP contribution in [-0.4, -0.2) is 64.0 Å². The van der Waals surface area contributed by atoms with Crippen LogP contribution in [-0.2, 0) is 35.6 Å². The molecule has 39 heavy (non-hydrogen) atoms. The molecule has 0 unspecified atom stereocenters. The van der Waals surface area contributed by atoms with E-state index in [1.807, 2.05) is 31.4 Å². The molecular weight excluding hydrogens is 520 g/mol. The van der Waals surface area contributed by atoms with Crippen molar-refractivity contribution in [2.24, 2.45) is 5.92 Å². The molecule has 11 heteroatoms.